The molecule has 0 aliphatic heterocycles. The van der Waals surface area contributed by atoms with Crippen molar-refractivity contribution in [3.63, 3.8) is 0 Å². The van der Waals surface area contributed by atoms with E-state index in [0.29, 0.717) is 18.4 Å². The summed E-state index contributed by atoms with van der Waals surface area (Å²) in [5.41, 5.74) is 2.63. The molecule has 22 heavy (non-hydrogen) atoms. The SMILES string of the molecule is O=C(O[C@@H]1CCCCC1=O)c1ccc(-c2ccccc2)cc1. The van der Waals surface area contributed by atoms with Gasteiger partial charge in [0.25, 0.3) is 0 Å². The maximum atomic E-state index is 12.1. The van der Waals surface area contributed by atoms with Gasteiger partial charge < -0.3 is 4.74 Å². The van der Waals surface area contributed by atoms with E-state index in [0.717, 1.165) is 24.0 Å². The summed E-state index contributed by atoms with van der Waals surface area (Å²) >= 11 is 0. The van der Waals surface area contributed by atoms with E-state index in [1.165, 1.54) is 0 Å². The highest BCUT2D eigenvalue weighted by molar-refractivity contribution is 5.93. The number of rotatable bonds is 3. The van der Waals surface area contributed by atoms with Crippen LogP contribution in [0.5, 0.6) is 0 Å². The molecule has 0 amide bonds. The lowest BCUT2D eigenvalue weighted by Crippen LogP contribution is -2.30. The van der Waals surface area contributed by atoms with E-state index in [1.54, 1.807) is 12.1 Å². The average molecular weight is 294 g/mol. The second-order valence-electron chi connectivity index (χ2n) is 5.55. The lowest BCUT2D eigenvalue weighted by molar-refractivity contribution is -0.129. The number of hydrogen-bond acceptors (Lipinski definition) is 3. The second-order valence-corrected chi connectivity index (χ2v) is 5.55. The van der Waals surface area contributed by atoms with Crippen LogP contribution in [0.3, 0.4) is 0 Å². The molecule has 0 bridgehead atoms. The molecule has 0 spiro atoms. The molecule has 1 atom stereocenters. The Kier molecular flexibility index (Phi) is 4.33. The monoisotopic (exact) mass is 294 g/mol. The van der Waals surface area contributed by atoms with Crippen molar-refractivity contribution >= 4 is 11.8 Å². The van der Waals surface area contributed by atoms with Gasteiger partial charge in [-0.25, -0.2) is 4.79 Å². The van der Waals surface area contributed by atoms with E-state index in [2.05, 4.69) is 0 Å². The predicted octanol–water partition coefficient (Wildman–Crippen LogP) is 4.02. The third-order valence-corrected chi connectivity index (χ3v) is 3.98. The molecule has 3 nitrogen and oxygen atoms in total. The Labute approximate surface area is 129 Å². The van der Waals surface area contributed by atoms with Gasteiger partial charge in [0.15, 0.2) is 11.9 Å². The number of ketones is 1. The molecular weight excluding hydrogens is 276 g/mol. The fourth-order valence-electron chi connectivity index (χ4n) is 2.70. The van der Waals surface area contributed by atoms with Crippen molar-refractivity contribution in [2.24, 2.45) is 0 Å². The van der Waals surface area contributed by atoms with Crippen LogP contribution in [0.4, 0.5) is 0 Å². The molecule has 3 rings (SSSR count). The van der Waals surface area contributed by atoms with Crippen LogP contribution >= 0.6 is 0 Å². The molecular formula is C19H18O3. The maximum Gasteiger partial charge on any atom is 0.338 e. The van der Waals surface area contributed by atoms with Crippen LogP contribution in [0.15, 0.2) is 54.6 Å². The largest absolute Gasteiger partial charge is 0.451 e. The Morgan fingerprint density at radius 3 is 2.27 bits per heavy atom. The molecule has 0 saturated heterocycles. The summed E-state index contributed by atoms with van der Waals surface area (Å²) in [6, 6.07) is 17.3. The zero-order valence-corrected chi connectivity index (χ0v) is 12.3. The van der Waals surface area contributed by atoms with Crippen LogP contribution in [-0.2, 0) is 9.53 Å². The van der Waals surface area contributed by atoms with Crippen molar-refractivity contribution in [3.05, 3.63) is 60.2 Å². The minimum absolute atomic E-state index is 0.0421. The van der Waals surface area contributed by atoms with Gasteiger partial charge in [0, 0.05) is 6.42 Å². The zero-order valence-electron chi connectivity index (χ0n) is 12.3. The van der Waals surface area contributed by atoms with Crippen LogP contribution in [0.2, 0.25) is 0 Å². The first kappa shape index (κ1) is 14.5. The molecule has 3 heteroatoms. The van der Waals surface area contributed by atoms with Crippen LogP contribution < -0.4 is 0 Å². The van der Waals surface area contributed by atoms with E-state index < -0.39 is 12.1 Å². The summed E-state index contributed by atoms with van der Waals surface area (Å²) in [5, 5.41) is 0. The smallest absolute Gasteiger partial charge is 0.338 e. The Bertz CT molecular complexity index is 659. The molecule has 2 aromatic rings. The molecule has 0 unspecified atom stereocenters. The summed E-state index contributed by atoms with van der Waals surface area (Å²) in [4.78, 5) is 23.9. The van der Waals surface area contributed by atoms with E-state index >= 15 is 0 Å². The van der Waals surface area contributed by atoms with Crippen molar-refractivity contribution in [1.82, 2.24) is 0 Å². The first-order chi connectivity index (χ1) is 10.7. The number of carbonyl (C=O) groups is 2. The fraction of sp³-hybridized carbons (Fsp3) is 0.263. The standard InChI is InChI=1S/C19H18O3/c20-17-8-4-5-9-18(17)22-19(21)16-12-10-15(11-13-16)14-6-2-1-3-7-14/h1-3,6-7,10-13,18H,4-5,8-9H2/t18-/m1/s1. The summed E-state index contributed by atoms with van der Waals surface area (Å²) < 4.78 is 5.35. The second kappa shape index (κ2) is 6.56. The van der Waals surface area contributed by atoms with E-state index in [9.17, 15) is 9.59 Å². The quantitative estimate of drug-likeness (QED) is 0.803. The van der Waals surface area contributed by atoms with Gasteiger partial charge in [-0.2, -0.15) is 0 Å². The van der Waals surface area contributed by atoms with Crippen molar-refractivity contribution in [3.8, 4) is 11.1 Å². The summed E-state index contributed by atoms with van der Waals surface area (Å²) in [6.45, 7) is 0. The van der Waals surface area contributed by atoms with Gasteiger partial charge in [-0.1, -0.05) is 42.5 Å². The molecule has 112 valence electrons. The number of ether oxygens (including phenoxy) is 1. The third-order valence-electron chi connectivity index (χ3n) is 3.98. The normalized spacial score (nSPS) is 18.0. The van der Waals surface area contributed by atoms with E-state index in [4.69, 9.17) is 4.74 Å². The molecule has 1 aliphatic rings. The van der Waals surface area contributed by atoms with Crippen molar-refractivity contribution in [2.45, 2.75) is 31.8 Å². The zero-order chi connectivity index (χ0) is 15.4. The molecule has 1 fully saturated rings. The molecule has 2 aromatic carbocycles. The minimum Gasteiger partial charge on any atom is -0.451 e. The van der Waals surface area contributed by atoms with Gasteiger partial charge in [0.1, 0.15) is 0 Å². The lowest BCUT2D eigenvalue weighted by atomic mass is 9.96. The molecule has 0 heterocycles. The number of benzene rings is 2. The maximum absolute atomic E-state index is 12.1. The molecule has 0 N–H and O–H groups in total. The first-order valence-corrected chi connectivity index (χ1v) is 7.63. The Hall–Kier alpha value is -2.42. The van der Waals surface area contributed by atoms with E-state index in [1.807, 2.05) is 42.5 Å². The number of esters is 1. The van der Waals surface area contributed by atoms with Gasteiger partial charge in [-0.15, -0.1) is 0 Å². The highest BCUT2D eigenvalue weighted by atomic mass is 16.5. The van der Waals surface area contributed by atoms with Gasteiger partial charge in [0.2, 0.25) is 0 Å². The molecule has 1 saturated carbocycles. The molecule has 0 aromatic heterocycles. The van der Waals surface area contributed by atoms with Crippen molar-refractivity contribution in [1.29, 1.82) is 0 Å². The Morgan fingerprint density at radius 2 is 1.59 bits per heavy atom. The fourth-order valence-corrected chi connectivity index (χ4v) is 2.70. The third kappa shape index (κ3) is 3.25. The van der Waals surface area contributed by atoms with Gasteiger partial charge in [-0.05, 0) is 42.5 Å². The summed E-state index contributed by atoms with van der Waals surface area (Å²) in [7, 11) is 0. The van der Waals surface area contributed by atoms with Crippen LogP contribution in [-0.4, -0.2) is 17.9 Å². The minimum atomic E-state index is -0.560. The Morgan fingerprint density at radius 1 is 0.909 bits per heavy atom. The number of Topliss-reactive ketones (excluding diaryl/α,β-unsaturated/α-hetero) is 1. The summed E-state index contributed by atoms with van der Waals surface area (Å²) in [5.74, 6) is -0.375. The predicted molar refractivity (Wildman–Crippen MR) is 84.6 cm³/mol. The van der Waals surface area contributed by atoms with Crippen LogP contribution in [0.1, 0.15) is 36.0 Å². The van der Waals surface area contributed by atoms with Crippen molar-refractivity contribution in [2.75, 3.05) is 0 Å². The molecule has 1 aliphatic carbocycles. The highest BCUT2D eigenvalue weighted by Gasteiger charge is 2.26. The highest BCUT2D eigenvalue weighted by Crippen LogP contribution is 2.21. The van der Waals surface area contributed by atoms with Crippen LogP contribution in [0.25, 0.3) is 11.1 Å². The van der Waals surface area contributed by atoms with Crippen molar-refractivity contribution < 1.29 is 14.3 Å². The van der Waals surface area contributed by atoms with Gasteiger partial charge in [0.05, 0.1) is 5.56 Å². The Balaban J connectivity index is 1.70. The van der Waals surface area contributed by atoms with Gasteiger partial charge >= 0.3 is 5.97 Å². The number of hydrogen-bond donors (Lipinski definition) is 0. The lowest BCUT2D eigenvalue weighted by Gasteiger charge is -2.20. The number of carbonyl (C=O) groups excluding carboxylic acids is 2. The molecule has 0 radical (unpaired) electrons. The van der Waals surface area contributed by atoms with Gasteiger partial charge in [-0.3, -0.25) is 4.79 Å². The average Bonchev–Trinajstić information content (AvgIpc) is 2.58. The van der Waals surface area contributed by atoms with E-state index in [-0.39, 0.29) is 5.78 Å². The van der Waals surface area contributed by atoms with Crippen LogP contribution in [0, 0.1) is 0 Å². The summed E-state index contributed by atoms with van der Waals surface area (Å²) in [6.07, 6.45) is 2.45. The first-order valence-electron chi connectivity index (χ1n) is 7.63. The topological polar surface area (TPSA) is 43.4 Å².